The van der Waals surface area contributed by atoms with Gasteiger partial charge in [0, 0.05) is 12.1 Å². The Kier molecular flexibility index (Phi) is 4.11. The zero-order valence-electron chi connectivity index (χ0n) is 11.5. The van der Waals surface area contributed by atoms with E-state index in [0.717, 1.165) is 27.1 Å². The highest BCUT2D eigenvalue weighted by atomic mass is 35.5. The van der Waals surface area contributed by atoms with Crippen LogP contribution in [0.3, 0.4) is 0 Å². The smallest absolute Gasteiger partial charge is 0.294 e. The molecule has 0 saturated heterocycles. The summed E-state index contributed by atoms with van der Waals surface area (Å²) in [4.78, 5) is 0.393. The van der Waals surface area contributed by atoms with Crippen molar-refractivity contribution in [2.24, 2.45) is 11.4 Å². The molecular formula is C13H10Cl2N2O2S3. The molecule has 0 aliphatic rings. The molecule has 1 aromatic carbocycles. The first-order valence-electron chi connectivity index (χ1n) is 6.10. The average Bonchev–Trinajstić information content (AvgIpc) is 3.00. The van der Waals surface area contributed by atoms with Crippen molar-refractivity contribution in [2.45, 2.75) is 11.1 Å². The molecule has 2 heterocycles. The predicted octanol–water partition coefficient (Wildman–Crippen LogP) is 4.21. The molecule has 3 rings (SSSR count). The number of thiophene rings is 1. The van der Waals surface area contributed by atoms with Gasteiger partial charge in [-0.05, 0) is 36.8 Å². The predicted molar refractivity (Wildman–Crippen MR) is 92.6 cm³/mol. The van der Waals surface area contributed by atoms with Gasteiger partial charge in [-0.1, -0.05) is 34.5 Å². The van der Waals surface area contributed by atoms with Crippen LogP contribution in [-0.4, -0.2) is 13.0 Å². The van der Waals surface area contributed by atoms with Gasteiger partial charge in [0.15, 0.2) is 0 Å². The van der Waals surface area contributed by atoms with Gasteiger partial charge in [-0.25, -0.2) is 0 Å². The third-order valence-corrected chi connectivity index (χ3v) is 7.74. The molecule has 0 aliphatic heterocycles. The maximum Gasteiger partial charge on any atom is 0.294 e. The number of hydrogen-bond donors (Lipinski definition) is 0. The molecule has 3 aromatic rings. The van der Waals surface area contributed by atoms with Crippen molar-refractivity contribution in [1.29, 1.82) is 0 Å². The fourth-order valence-corrected chi connectivity index (χ4v) is 5.99. The van der Waals surface area contributed by atoms with Gasteiger partial charge in [0.25, 0.3) is 10.0 Å². The van der Waals surface area contributed by atoms with Crippen molar-refractivity contribution in [3.8, 4) is 0 Å². The molecule has 0 spiro atoms. The van der Waals surface area contributed by atoms with Gasteiger partial charge in [-0.15, -0.1) is 15.7 Å². The standard InChI is InChI=1S/C13H10Cl2N2O2S3/c1-7-8(14)3-4-9-12(7)17(2)13(20-9)16-22(18,19)11-6-5-10(15)21-11/h3-6H,1-2H3/b16-13-. The first-order chi connectivity index (χ1) is 10.3. The summed E-state index contributed by atoms with van der Waals surface area (Å²) >= 11 is 14.2. The van der Waals surface area contributed by atoms with Gasteiger partial charge in [0.2, 0.25) is 4.80 Å². The zero-order valence-corrected chi connectivity index (χ0v) is 15.5. The van der Waals surface area contributed by atoms with Gasteiger partial charge in [-0.2, -0.15) is 8.42 Å². The van der Waals surface area contributed by atoms with E-state index in [9.17, 15) is 8.42 Å². The van der Waals surface area contributed by atoms with Gasteiger partial charge in [0.05, 0.1) is 14.6 Å². The molecule has 0 amide bonds. The van der Waals surface area contributed by atoms with E-state index in [1.165, 1.54) is 17.4 Å². The first-order valence-corrected chi connectivity index (χ1v) is 9.93. The Morgan fingerprint density at radius 1 is 1.14 bits per heavy atom. The largest absolute Gasteiger partial charge is 0.319 e. The second-order valence-corrected chi connectivity index (χ2v) is 9.55. The lowest BCUT2D eigenvalue weighted by Crippen LogP contribution is -2.13. The normalized spacial score (nSPS) is 13.2. The number of nitrogens with zero attached hydrogens (tertiary/aromatic N) is 2. The van der Waals surface area contributed by atoms with E-state index in [4.69, 9.17) is 23.2 Å². The molecule has 0 aliphatic carbocycles. The van der Waals surface area contributed by atoms with E-state index < -0.39 is 10.0 Å². The molecule has 2 aromatic heterocycles. The Morgan fingerprint density at radius 2 is 1.86 bits per heavy atom. The maximum absolute atomic E-state index is 12.3. The lowest BCUT2D eigenvalue weighted by molar-refractivity contribution is 0.598. The van der Waals surface area contributed by atoms with Crippen molar-refractivity contribution >= 4 is 66.1 Å². The summed E-state index contributed by atoms with van der Waals surface area (Å²) in [5, 5.41) is 0.639. The summed E-state index contributed by atoms with van der Waals surface area (Å²) in [6.45, 7) is 1.90. The third-order valence-electron chi connectivity index (χ3n) is 3.15. The summed E-state index contributed by atoms with van der Waals surface area (Å²) in [7, 11) is -1.99. The van der Waals surface area contributed by atoms with Gasteiger partial charge in [-0.3, -0.25) is 0 Å². The molecule has 4 nitrogen and oxygen atoms in total. The van der Waals surface area contributed by atoms with Crippen LogP contribution in [0.1, 0.15) is 5.56 Å². The Hall–Kier alpha value is -0.860. The molecule has 0 atom stereocenters. The highest BCUT2D eigenvalue weighted by molar-refractivity contribution is 7.92. The van der Waals surface area contributed by atoms with Crippen LogP contribution < -0.4 is 4.80 Å². The number of hydrogen-bond acceptors (Lipinski definition) is 4. The molecule has 0 fully saturated rings. The van der Waals surface area contributed by atoms with E-state index >= 15 is 0 Å². The van der Waals surface area contributed by atoms with Crippen LogP contribution in [0.15, 0.2) is 32.9 Å². The van der Waals surface area contributed by atoms with Crippen molar-refractivity contribution in [3.05, 3.63) is 44.0 Å². The fourth-order valence-electron chi connectivity index (χ4n) is 2.08. The van der Waals surface area contributed by atoms with Gasteiger partial charge < -0.3 is 4.57 Å². The number of sulfonamides is 1. The lowest BCUT2D eigenvalue weighted by atomic mass is 10.2. The minimum absolute atomic E-state index is 0.129. The number of aromatic nitrogens is 1. The Labute approximate surface area is 145 Å². The topological polar surface area (TPSA) is 51.4 Å². The fraction of sp³-hybridized carbons (Fsp3) is 0.154. The number of benzene rings is 1. The Morgan fingerprint density at radius 3 is 2.50 bits per heavy atom. The highest BCUT2D eigenvalue weighted by Gasteiger charge is 2.17. The highest BCUT2D eigenvalue weighted by Crippen LogP contribution is 2.28. The van der Waals surface area contributed by atoms with Gasteiger partial charge in [0.1, 0.15) is 4.21 Å². The number of thiazole rings is 1. The Balaban J connectivity index is 2.27. The second-order valence-electron chi connectivity index (χ2n) is 4.59. The van der Waals surface area contributed by atoms with Crippen LogP contribution >= 0.6 is 45.9 Å². The quantitative estimate of drug-likeness (QED) is 0.655. The Bertz CT molecular complexity index is 1050. The van der Waals surface area contributed by atoms with Crippen LogP contribution in [-0.2, 0) is 17.1 Å². The van der Waals surface area contributed by atoms with Crippen molar-refractivity contribution in [3.63, 3.8) is 0 Å². The van der Waals surface area contributed by atoms with E-state index in [0.29, 0.717) is 14.2 Å². The van der Waals surface area contributed by atoms with Gasteiger partial charge >= 0.3 is 0 Å². The molecule has 0 saturated carbocycles. The van der Waals surface area contributed by atoms with Crippen LogP contribution in [0.2, 0.25) is 9.36 Å². The van der Waals surface area contributed by atoms with Crippen molar-refractivity contribution < 1.29 is 8.42 Å². The first kappa shape index (κ1) is 16.0. The maximum atomic E-state index is 12.3. The molecule has 0 N–H and O–H groups in total. The van der Waals surface area contributed by atoms with E-state index in [-0.39, 0.29) is 4.21 Å². The molecule has 22 heavy (non-hydrogen) atoms. The monoisotopic (exact) mass is 392 g/mol. The number of fused-ring (bicyclic) bond motifs is 1. The lowest BCUT2D eigenvalue weighted by Gasteiger charge is -2.02. The number of aryl methyl sites for hydroxylation is 2. The van der Waals surface area contributed by atoms with E-state index in [1.54, 1.807) is 23.7 Å². The number of halogens is 2. The third kappa shape index (κ3) is 2.72. The summed E-state index contributed by atoms with van der Waals surface area (Å²) in [5.74, 6) is 0. The number of rotatable bonds is 2. The summed E-state index contributed by atoms with van der Waals surface area (Å²) < 4.78 is 31.9. The molecule has 0 radical (unpaired) electrons. The van der Waals surface area contributed by atoms with Crippen LogP contribution in [0, 0.1) is 6.92 Å². The SMILES string of the molecule is Cc1c(Cl)ccc2s/c(=N\S(=O)(=O)c3ccc(Cl)s3)n(C)c12. The second kappa shape index (κ2) is 5.65. The summed E-state index contributed by atoms with van der Waals surface area (Å²) in [5.41, 5.74) is 1.78. The molecular weight excluding hydrogens is 383 g/mol. The summed E-state index contributed by atoms with van der Waals surface area (Å²) in [6.07, 6.45) is 0. The van der Waals surface area contributed by atoms with E-state index in [2.05, 4.69) is 4.40 Å². The molecule has 116 valence electrons. The minimum Gasteiger partial charge on any atom is -0.319 e. The average molecular weight is 393 g/mol. The zero-order chi connectivity index (χ0) is 16.1. The molecule has 9 heteroatoms. The van der Waals surface area contributed by atoms with Crippen molar-refractivity contribution in [2.75, 3.05) is 0 Å². The van der Waals surface area contributed by atoms with Crippen molar-refractivity contribution in [1.82, 2.24) is 4.57 Å². The van der Waals surface area contributed by atoms with Crippen LogP contribution in [0.5, 0.6) is 0 Å². The summed E-state index contributed by atoms with van der Waals surface area (Å²) in [6, 6.07) is 6.67. The molecule has 0 bridgehead atoms. The van der Waals surface area contributed by atoms with E-state index in [1.807, 2.05) is 13.0 Å². The minimum atomic E-state index is -3.77. The molecule has 0 unspecified atom stereocenters. The van der Waals surface area contributed by atoms with Crippen LogP contribution in [0.25, 0.3) is 10.2 Å². The van der Waals surface area contributed by atoms with Crippen LogP contribution in [0.4, 0.5) is 0 Å².